The third-order valence-electron chi connectivity index (χ3n) is 3.59. The van der Waals surface area contributed by atoms with Crippen LogP contribution in [0.5, 0.6) is 0 Å². The first-order valence-corrected chi connectivity index (χ1v) is 6.74. The van der Waals surface area contributed by atoms with Gasteiger partial charge in [0.25, 0.3) is 0 Å². The van der Waals surface area contributed by atoms with Crippen LogP contribution in [0.25, 0.3) is 0 Å². The minimum Gasteiger partial charge on any atom is -0.321 e. The quantitative estimate of drug-likeness (QED) is 0.874. The molecule has 0 radical (unpaired) electrons. The van der Waals surface area contributed by atoms with E-state index in [1.807, 2.05) is 11.7 Å². The number of nitrogens with two attached hydrogens (primary N) is 1. The molecule has 1 unspecified atom stereocenters. The predicted octanol–water partition coefficient (Wildman–Crippen LogP) is 2.52. The van der Waals surface area contributed by atoms with Gasteiger partial charge in [-0.25, -0.2) is 4.98 Å². The van der Waals surface area contributed by atoms with Crippen LogP contribution in [-0.4, -0.2) is 14.8 Å². The Labute approximate surface area is 104 Å². The third kappa shape index (κ3) is 2.86. The van der Waals surface area contributed by atoms with Crippen LogP contribution >= 0.6 is 0 Å². The Hall–Kier alpha value is -0.900. The summed E-state index contributed by atoms with van der Waals surface area (Å²) in [6, 6.07) is 0.0163. The van der Waals surface area contributed by atoms with E-state index < -0.39 is 0 Å². The van der Waals surface area contributed by atoms with Crippen molar-refractivity contribution in [2.45, 2.75) is 57.9 Å². The SMILES string of the molecule is CC(C)CC(N)c1nc(C2CCCC2)nn1C. The van der Waals surface area contributed by atoms with Crippen LogP contribution in [0, 0.1) is 5.92 Å². The van der Waals surface area contributed by atoms with Gasteiger partial charge >= 0.3 is 0 Å². The Morgan fingerprint density at radius 3 is 2.59 bits per heavy atom. The Morgan fingerprint density at radius 1 is 1.35 bits per heavy atom. The minimum atomic E-state index is 0.0163. The van der Waals surface area contributed by atoms with E-state index in [-0.39, 0.29) is 6.04 Å². The maximum absolute atomic E-state index is 6.19. The molecule has 1 aliphatic rings. The van der Waals surface area contributed by atoms with Gasteiger partial charge in [-0.1, -0.05) is 26.7 Å². The summed E-state index contributed by atoms with van der Waals surface area (Å²) < 4.78 is 1.88. The lowest BCUT2D eigenvalue weighted by Crippen LogP contribution is -2.17. The van der Waals surface area contributed by atoms with Crippen LogP contribution in [0.2, 0.25) is 0 Å². The molecule has 1 aromatic heterocycles. The van der Waals surface area contributed by atoms with Crippen LogP contribution in [0.1, 0.15) is 69.6 Å². The second-order valence-electron chi connectivity index (χ2n) is 5.67. The van der Waals surface area contributed by atoms with E-state index >= 15 is 0 Å². The fourth-order valence-corrected chi connectivity index (χ4v) is 2.71. The van der Waals surface area contributed by atoms with Crippen LogP contribution in [-0.2, 0) is 7.05 Å². The molecule has 2 N–H and O–H groups in total. The second kappa shape index (κ2) is 5.17. The number of hydrogen-bond acceptors (Lipinski definition) is 3. The van der Waals surface area contributed by atoms with Gasteiger partial charge in [-0.3, -0.25) is 4.68 Å². The number of hydrogen-bond donors (Lipinski definition) is 1. The van der Waals surface area contributed by atoms with Crippen molar-refractivity contribution in [1.82, 2.24) is 14.8 Å². The zero-order valence-electron chi connectivity index (χ0n) is 11.2. The summed E-state index contributed by atoms with van der Waals surface area (Å²) >= 11 is 0. The topological polar surface area (TPSA) is 56.7 Å². The van der Waals surface area contributed by atoms with Gasteiger partial charge in [-0.05, 0) is 25.2 Å². The molecule has 0 amide bonds. The van der Waals surface area contributed by atoms with E-state index in [4.69, 9.17) is 5.73 Å². The molecule has 0 saturated heterocycles. The molecule has 1 aromatic rings. The van der Waals surface area contributed by atoms with E-state index in [2.05, 4.69) is 23.9 Å². The monoisotopic (exact) mass is 236 g/mol. The van der Waals surface area contributed by atoms with Gasteiger partial charge in [-0.15, -0.1) is 0 Å². The normalized spacial score (nSPS) is 19.1. The van der Waals surface area contributed by atoms with Crippen molar-refractivity contribution in [2.75, 3.05) is 0 Å². The van der Waals surface area contributed by atoms with Crippen molar-refractivity contribution in [1.29, 1.82) is 0 Å². The molecule has 1 heterocycles. The van der Waals surface area contributed by atoms with Crippen molar-refractivity contribution in [3.05, 3.63) is 11.6 Å². The van der Waals surface area contributed by atoms with Crippen molar-refractivity contribution in [3.63, 3.8) is 0 Å². The highest BCUT2D eigenvalue weighted by Gasteiger charge is 2.24. The summed E-state index contributed by atoms with van der Waals surface area (Å²) in [6.07, 6.45) is 6.08. The van der Waals surface area contributed by atoms with Crippen molar-refractivity contribution < 1.29 is 0 Å². The average molecular weight is 236 g/mol. The molecule has 96 valence electrons. The molecule has 1 fully saturated rings. The molecule has 4 nitrogen and oxygen atoms in total. The molecular formula is C13H24N4. The summed E-state index contributed by atoms with van der Waals surface area (Å²) in [5.41, 5.74) is 6.19. The highest BCUT2D eigenvalue weighted by Crippen LogP contribution is 2.32. The smallest absolute Gasteiger partial charge is 0.154 e. The summed E-state index contributed by atoms with van der Waals surface area (Å²) in [5.74, 6) is 3.12. The molecule has 0 aromatic carbocycles. The van der Waals surface area contributed by atoms with Crippen LogP contribution in [0.4, 0.5) is 0 Å². The molecular weight excluding hydrogens is 212 g/mol. The molecule has 0 aliphatic heterocycles. The maximum atomic E-state index is 6.19. The fourth-order valence-electron chi connectivity index (χ4n) is 2.71. The summed E-state index contributed by atoms with van der Waals surface area (Å²) in [6.45, 7) is 4.38. The first-order valence-electron chi connectivity index (χ1n) is 6.74. The van der Waals surface area contributed by atoms with Gasteiger partial charge in [0.1, 0.15) is 5.82 Å². The fraction of sp³-hybridized carbons (Fsp3) is 0.846. The summed E-state index contributed by atoms with van der Waals surface area (Å²) in [4.78, 5) is 4.67. The van der Waals surface area contributed by atoms with E-state index in [9.17, 15) is 0 Å². The number of aryl methyl sites for hydroxylation is 1. The molecule has 1 aliphatic carbocycles. The van der Waals surface area contributed by atoms with Gasteiger partial charge in [0.05, 0.1) is 6.04 Å². The maximum Gasteiger partial charge on any atom is 0.154 e. The van der Waals surface area contributed by atoms with Gasteiger partial charge in [0.2, 0.25) is 0 Å². The van der Waals surface area contributed by atoms with Crippen LogP contribution in [0.3, 0.4) is 0 Å². The highest BCUT2D eigenvalue weighted by molar-refractivity contribution is 5.04. The number of nitrogens with zero attached hydrogens (tertiary/aromatic N) is 3. The zero-order valence-corrected chi connectivity index (χ0v) is 11.2. The molecule has 1 saturated carbocycles. The van der Waals surface area contributed by atoms with E-state index in [0.717, 1.165) is 18.1 Å². The Bertz CT molecular complexity index is 363. The zero-order chi connectivity index (χ0) is 12.4. The lowest BCUT2D eigenvalue weighted by Gasteiger charge is -2.12. The lowest BCUT2D eigenvalue weighted by atomic mass is 10.0. The first kappa shape index (κ1) is 12.6. The molecule has 2 rings (SSSR count). The molecule has 17 heavy (non-hydrogen) atoms. The minimum absolute atomic E-state index is 0.0163. The third-order valence-corrected chi connectivity index (χ3v) is 3.59. The van der Waals surface area contributed by atoms with Crippen molar-refractivity contribution in [3.8, 4) is 0 Å². The van der Waals surface area contributed by atoms with E-state index in [1.165, 1.54) is 25.7 Å². The predicted molar refractivity (Wildman–Crippen MR) is 68.6 cm³/mol. The largest absolute Gasteiger partial charge is 0.321 e. The summed E-state index contributed by atoms with van der Waals surface area (Å²) in [7, 11) is 1.96. The van der Waals surface area contributed by atoms with Gasteiger partial charge < -0.3 is 5.73 Å². The Balaban J connectivity index is 2.12. The molecule has 4 heteroatoms. The summed E-state index contributed by atoms with van der Waals surface area (Å²) in [5, 5.41) is 4.55. The van der Waals surface area contributed by atoms with Gasteiger partial charge in [0, 0.05) is 13.0 Å². The van der Waals surface area contributed by atoms with Crippen molar-refractivity contribution in [2.24, 2.45) is 18.7 Å². The van der Waals surface area contributed by atoms with E-state index in [0.29, 0.717) is 11.8 Å². The number of aromatic nitrogens is 3. The van der Waals surface area contributed by atoms with Crippen molar-refractivity contribution >= 4 is 0 Å². The molecule has 1 atom stereocenters. The first-order chi connectivity index (χ1) is 8.08. The van der Waals surface area contributed by atoms with Crippen LogP contribution in [0.15, 0.2) is 0 Å². The highest BCUT2D eigenvalue weighted by atomic mass is 15.3. The Kier molecular flexibility index (Phi) is 3.82. The molecule has 0 spiro atoms. The number of rotatable bonds is 4. The van der Waals surface area contributed by atoms with Gasteiger partial charge in [-0.2, -0.15) is 5.10 Å². The molecule has 0 bridgehead atoms. The van der Waals surface area contributed by atoms with Crippen LogP contribution < -0.4 is 5.73 Å². The van der Waals surface area contributed by atoms with Gasteiger partial charge in [0.15, 0.2) is 5.82 Å². The van der Waals surface area contributed by atoms with E-state index in [1.54, 1.807) is 0 Å². The standard InChI is InChI=1S/C13H24N4/c1-9(2)8-11(14)13-15-12(16-17(13)3)10-6-4-5-7-10/h9-11H,4-8,14H2,1-3H3. The average Bonchev–Trinajstić information content (AvgIpc) is 2.84. The lowest BCUT2D eigenvalue weighted by molar-refractivity contribution is 0.477. The Morgan fingerprint density at radius 2 is 2.00 bits per heavy atom. The second-order valence-corrected chi connectivity index (χ2v) is 5.67.